The zero-order chi connectivity index (χ0) is 20.4. The lowest BCUT2D eigenvalue weighted by atomic mass is 9.91. The van der Waals surface area contributed by atoms with Crippen molar-refractivity contribution in [2.75, 3.05) is 18.4 Å². The summed E-state index contributed by atoms with van der Waals surface area (Å²) in [5.74, 6) is -0.442. The Bertz CT molecular complexity index is 1040. The second kappa shape index (κ2) is 8.28. The summed E-state index contributed by atoms with van der Waals surface area (Å²) in [4.78, 5) is 30.4. The fourth-order valence-electron chi connectivity index (χ4n) is 3.60. The molecule has 0 unspecified atom stereocenters. The molecule has 152 valence electrons. The van der Waals surface area contributed by atoms with Crippen LogP contribution in [0.5, 0.6) is 0 Å². The average molecular weight is 416 g/mol. The number of carbonyl (C=O) groups excluding carboxylic acids is 2. The number of aromatic nitrogens is 2. The van der Waals surface area contributed by atoms with Crippen LogP contribution in [0, 0.1) is 12.7 Å². The fourth-order valence-corrected chi connectivity index (χ4v) is 4.30. The maximum Gasteiger partial charge on any atom is 0.226 e. The summed E-state index contributed by atoms with van der Waals surface area (Å²) >= 11 is 1.37. The molecule has 1 aliphatic heterocycles. The SMILES string of the molecule is Cc1csc(NC(=O)CCC(=O)N2CCC(c3noc4ccc(F)cc34)CC2)n1. The highest BCUT2D eigenvalue weighted by Gasteiger charge is 2.27. The number of carbonyl (C=O) groups is 2. The van der Waals surface area contributed by atoms with Crippen LogP contribution in [0.2, 0.25) is 0 Å². The second-order valence-electron chi connectivity index (χ2n) is 7.21. The summed E-state index contributed by atoms with van der Waals surface area (Å²) in [6.07, 6.45) is 1.76. The van der Waals surface area contributed by atoms with E-state index in [-0.39, 0.29) is 36.4 Å². The lowest BCUT2D eigenvalue weighted by Gasteiger charge is -2.31. The van der Waals surface area contributed by atoms with Crippen molar-refractivity contribution < 1.29 is 18.5 Å². The molecule has 0 aliphatic carbocycles. The van der Waals surface area contributed by atoms with E-state index in [1.165, 1.54) is 23.5 Å². The van der Waals surface area contributed by atoms with Gasteiger partial charge in [-0.3, -0.25) is 9.59 Å². The number of rotatable bonds is 5. The van der Waals surface area contributed by atoms with Gasteiger partial charge in [0.25, 0.3) is 0 Å². The van der Waals surface area contributed by atoms with Crippen LogP contribution >= 0.6 is 11.3 Å². The Balaban J connectivity index is 1.28. The maximum absolute atomic E-state index is 13.6. The molecule has 9 heteroatoms. The van der Waals surface area contributed by atoms with Crippen LogP contribution in [0.3, 0.4) is 0 Å². The summed E-state index contributed by atoms with van der Waals surface area (Å²) in [6.45, 7) is 3.03. The Kier molecular flexibility index (Phi) is 5.57. The Hall–Kier alpha value is -2.81. The van der Waals surface area contributed by atoms with Crippen molar-refractivity contribution in [2.45, 2.75) is 38.5 Å². The molecule has 1 aliphatic rings. The first-order chi connectivity index (χ1) is 14.0. The molecular formula is C20H21FN4O3S. The topological polar surface area (TPSA) is 88.3 Å². The first kappa shape index (κ1) is 19.5. The number of nitrogens with zero attached hydrogens (tertiary/aromatic N) is 3. The van der Waals surface area contributed by atoms with E-state index in [9.17, 15) is 14.0 Å². The maximum atomic E-state index is 13.6. The van der Waals surface area contributed by atoms with Crippen LogP contribution in [0.25, 0.3) is 11.0 Å². The van der Waals surface area contributed by atoms with Crippen molar-refractivity contribution in [1.29, 1.82) is 0 Å². The van der Waals surface area contributed by atoms with E-state index in [0.29, 0.717) is 29.2 Å². The number of fused-ring (bicyclic) bond motifs is 1. The van der Waals surface area contributed by atoms with E-state index in [0.717, 1.165) is 24.2 Å². The van der Waals surface area contributed by atoms with Crippen LogP contribution in [0.15, 0.2) is 28.1 Å². The quantitative estimate of drug-likeness (QED) is 0.682. The smallest absolute Gasteiger partial charge is 0.226 e. The Morgan fingerprint density at radius 1 is 1.31 bits per heavy atom. The first-order valence-corrected chi connectivity index (χ1v) is 10.4. The standard InChI is InChI=1S/C20H21FN4O3S/c1-12-11-29-20(22-12)23-17(26)4-5-18(27)25-8-6-13(7-9-25)19-15-10-14(21)2-3-16(15)28-24-19/h2-3,10-11,13H,4-9H2,1H3,(H,22,23,26). The number of likely N-dealkylation sites (tertiary alicyclic amines) is 1. The van der Waals surface area contributed by atoms with Crippen LogP contribution in [-0.4, -0.2) is 39.9 Å². The number of thiazole rings is 1. The largest absolute Gasteiger partial charge is 0.356 e. The van der Waals surface area contributed by atoms with E-state index < -0.39 is 0 Å². The molecule has 2 aromatic heterocycles. The van der Waals surface area contributed by atoms with E-state index in [1.807, 2.05) is 12.3 Å². The minimum atomic E-state index is -0.319. The summed E-state index contributed by atoms with van der Waals surface area (Å²) in [5.41, 5.74) is 2.18. The number of nitrogens with one attached hydrogen (secondary N) is 1. The Morgan fingerprint density at radius 3 is 2.83 bits per heavy atom. The third-order valence-electron chi connectivity index (χ3n) is 5.13. The number of anilines is 1. The lowest BCUT2D eigenvalue weighted by Crippen LogP contribution is -2.38. The summed E-state index contributed by atoms with van der Waals surface area (Å²) in [6, 6.07) is 4.38. The van der Waals surface area contributed by atoms with Gasteiger partial charge in [0, 0.05) is 42.6 Å². The number of hydrogen-bond donors (Lipinski definition) is 1. The van der Waals surface area contributed by atoms with Gasteiger partial charge in [0.05, 0.1) is 11.4 Å². The molecule has 1 aromatic carbocycles. The zero-order valence-electron chi connectivity index (χ0n) is 16.0. The minimum absolute atomic E-state index is 0.0371. The molecule has 1 saturated heterocycles. The molecule has 0 radical (unpaired) electrons. The molecule has 3 heterocycles. The third kappa shape index (κ3) is 4.45. The van der Waals surface area contributed by atoms with Crippen molar-refractivity contribution in [2.24, 2.45) is 0 Å². The summed E-state index contributed by atoms with van der Waals surface area (Å²) < 4.78 is 18.9. The van der Waals surface area contributed by atoms with Gasteiger partial charge < -0.3 is 14.7 Å². The van der Waals surface area contributed by atoms with E-state index >= 15 is 0 Å². The third-order valence-corrected chi connectivity index (χ3v) is 6.00. The summed E-state index contributed by atoms with van der Waals surface area (Å²) in [7, 11) is 0. The van der Waals surface area contributed by atoms with Crippen molar-refractivity contribution in [3.05, 3.63) is 40.8 Å². The van der Waals surface area contributed by atoms with Crippen molar-refractivity contribution in [1.82, 2.24) is 15.0 Å². The fraction of sp³-hybridized carbons (Fsp3) is 0.400. The molecule has 0 saturated carbocycles. The first-order valence-electron chi connectivity index (χ1n) is 9.54. The van der Waals surface area contributed by atoms with Crippen LogP contribution in [-0.2, 0) is 9.59 Å². The zero-order valence-corrected chi connectivity index (χ0v) is 16.8. The molecule has 1 N–H and O–H groups in total. The highest BCUT2D eigenvalue weighted by atomic mass is 32.1. The minimum Gasteiger partial charge on any atom is -0.356 e. The number of aryl methyl sites for hydroxylation is 1. The molecule has 29 heavy (non-hydrogen) atoms. The van der Waals surface area contributed by atoms with Crippen molar-refractivity contribution in [3.8, 4) is 0 Å². The van der Waals surface area contributed by atoms with Gasteiger partial charge in [-0.2, -0.15) is 0 Å². The van der Waals surface area contributed by atoms with Gasteiger partial charge in [-0.25, -0.2) is 9.37 Å². The molecule has 7 nitrogen and oxygen atoms in total. The normalized spacial score (nSPS) is 15.0. The van der Waals surface area contributed by atoms with Crippen LogP contribution in [0.4, 0.5) is 9.52 Å². The lowest BCUT2D eigenvalue weighted by molar-refractivity contribution is -0.133. The molecule has 3 aromatic rings. The predicted molar refractivity (Wildman–Crippen MR) is 107 cm³/mol. The van der Waals surface area contributed by atoms with Gasteiger partial charge in [0.15, 0.2) is 10.7 Å². The number of benzene rings is 1. The monoisotopic (exact) mass is 416 g/mol. The van der Waals surface area contributed by atoms with Crippen LogP contribution < -0.4 is 5.32 Å². The number of hydrogen-bond acceptors (Lipinski definition) is 6. The van der Waals surface area contributed by atoms with Gasteiger partial charge in [-0.15, -0.1) is 11.3 Å². The van der Waals surface area contributed by atoms with Gasteiger partial charge in [-0.1, -0.05) is 5.16 Å². The molecule has 0 bridgehead atoms. The van der Waals surface area contributed by atoms with Gasteiger partial charge in [0.2, 0.25) is 11.8 Å². The molecule has 4 rings (SSSR count). The van der Waals surface area contributed by atoms with Gasteiger partial charge in [0.1, 0.15) is 5.82 Å². The highest BCUT2D eigenvalue weighted by Crippen LogP contribution is 2.33. The molecule has 1 fully saturated rings. The Labute approximate surface area is 170 Å². The van der Waals surface area contributed by atoms with E-state index in [1.54, 1.807) is 11.0 Å². The van der Waals surface area contributed by atoms with Crippen molar-refractivity contribution >= 4 is 39.3 Å². The molecule has 0 atom stereocenters. The predicted octanol–water partition coefficient (Wildman–Crippen LogP) is 3.86. The van der Waals surface area contributed by atoms with E-state index in [2.05, 4.69) is 15.5 Å². The average Bonchev–Trinajstić information content (AvgIpc) is 3.31. The molecule has 2 amide bonds. The number of amides is 2. The van der Waals surface area contributed by atoms with Gasteiger partial charge >= 0.3 is 0 Å². The van der Waals surface area contributed by atoms with Crippen molar-refractivity contribution in [3.63, 3.8) is 0 Å². The second-order valence-corrected chi connectivity index (χ2v) is 8.06. The number of halogens is 1. The number of piperidine rings is 1. The molecule has 0 spiro atoms. The van der Waals surface area contributed by atoms with E-state index in [4.69, 9.17) is 4.52 Å². The summed E-state index contributed by atoms with van der Waals surface area (Å²) in [5, 5.41) is 9.95. The van der Waals surface area contributed by atoms with Gasteiger partial charge in [-0.05, 0) is 38.0 Å². The highest BCUT2D eigenvalue weighted by molar-refractivity contribution is 7.13. The Morgan fingerprint density at radius 2 is 2.10 bits per heavy atom. The molecular weight excluding hydrogens is 395 g/mol. The van der Waals surface area contributed by atoms with Crippen LogP contribution in [0.1, 0.15) is 43.0 Å².